The van der Waals surface area contributed by atoms with E-state index in [0.717, 1.165) is 27.8 Å². The Morgan fingerprint density at radius 3 is 2.62 bits per heavy atom. The van der Waals surface area contributed by atoms with Crippen LogP contribution in [-0.2, 0) is 6.42 Å². The summed E-state index contributed by atoms with van der Waals surface area (Å²) in [6.07, 6.45) is 6.16. The van der Waals surface area contributed by atoms with Crippen LogP contribution in [-0.4, -0.2) is 10.8 Å². The molecule has 0 aliphatic rings. The fourth-order valence-electron chi connectivity index (χ4n) is 2.91. The first-order valence-electron chi connectivity index (χ1n) is 8.48. The van der Waals surface area contributed by atoms with Crippen LogP contribution in [0.4, 0.5) is 0 Å². The van der Waals surface area contributed by atoms with Crippen LogP contribution >= 0.6 is 11.3 Å². The van der Waals surface area contributed by atoms with Gasteiger partial charge in [-0.3, -0.25) is 9.78 Å². The Morgan fingerprint density at radius 1 is 0.923 bits per heavy atom. The first kappa shape index (κ1) is 16.4. The molecule has 0 aliphatic carbocycles. The maximum atomic E-state index is 12.5. The quantitative estimate of drug-likeness (QED) is 0.335. The molecule has 0 fully saturated rings. The number of hydrogen-bond acceptors (Lipinski definition) is 3. The summed E-state index contributed by atoms with van der Waals surface area (Å²) in [7, 11) is 0. The van der Waals surface area contributed by atoms with Gasteiger partial charge in [-0.05, 0) is 41.5 Å². The second-order valence-corrected chi connectivity index (χ2v) is 7.21. The minimum Gasteiger partial charge on any atom is -0.288 e. The van der Waals surface area contributed by atoms with Gasteiger partial charge in [-0.15, -0.1) is 11.3 Å². The Hall–Kier alpha value is -3.04. The standard InChI is InChI=1S/C23H17NOS/c25-22(12-10-18-14-15-24-21-9-5-4-8-20(18)21)23-13-11-19(26-23)16-17-6-2-1-3-7-17/h1-15H,16H2/b12-10+. The number of fused-ring (bicyclic) bond motifs is 1. The van der Waals surface area contributed by atoms with Gasteiger partial charge in [0.1, 0.15) is 0 Å². The Labute approximate surface area is 156 Å². The Balaban J connectivity index is 1.52. The third-order valence-electron chi connectivity index (χ3n) is 4.22. The van der Waals surface area contributed by atoms with Crippen molar-refractivity contribution >= 4 is 34.1 Å². The first-order chi connectivity index (χ1) is 12.8. The Bertz CT molecular complexity index is 1070. The summed E-state index contributed by atoms with van der Waals surface area (Å²) in [6, 6.07) is 24.1. The van der Waals surface area contributed by atoms with Crippen LogP contribution in [0.3, 0.4) is 0 Å². The van der Waals surface area contributed by atoms with E-state index in [1.807, 2.05) is 66.7 Å². The van der Waals surface area contributed by atoms with Crippen LogP contribution in [0.2, 0.25) is 0 Å². The second kappa shape index (κ2) is 7.46. The van der Waals surface area contributed by atoms with Gasteiger partial charge in [0.25, 0.3) is 0 Å². The SMILES string of the molecule is O=C(/C=C/c1ccnc2ccccc12)c1ccc(Cc2ccccc2)s1. The van der Waals surface area contributed by atoms with Gasteiger partial charge in [0, 0.05) is 22.9 Å². The van der Waals surface area contributed by atoms with Crippen LogP contribution in [0.15, 0.2) is 85.1 Å². The van der Waals surface area contributed by atoms with Crippen molar-refractivity contribution in [3.63, 3.8) is 0 Å². The molecule has 2 aromatic carbocycles. The van der Waals surface area contributed by atoms with Gasteiger partial charge in [0.05, 0.1) is 10.4 Å². The summed E-state index contributed by atoms with van der Waals surface area (Å²) in [6.45, 7) is 0. The number of ketones is 1. The zero-order valence-corrected chi connectivity index (χ0v) is 14.9. The van der Waals surface area contributed by atoms with E-state index < -0.39 is 0 Å². The summed E-state index contributed by atoms with van der Waals surface area (Å²) in [5.41, 5.74) is 3.19. The normalized spacial score (nSPS) is 11.2. The molecular formula is C23H17NOS. The lowest BCUT2D eigenvalue weighted by Gasteiger charge is -2.00. The summed E-state index contributed by atoms with van der Waals surface area (Å²) in [5.74, 6) is 0.0372. The number of pyridine rings is 1. The maximum absolute atomic E-state index is 12.5. The van der Waals surface area contributed by atoms with E-state index in [2.05, 4.69) is 17.1 Å². The predicted molar refractivity (Wildman–Crippen MR) is 109 cm³/mol. The van der Waals surface area contributed by atoms with E-state index in [4.69, 9.17) is 0 Å². The van der Waals surface area contributed by atoms with Crippen molar-refractivity contribution in [2.24, 2.45) is 0 Å². The molecular weight excluding hydrogens is 338 g/mol. The van der Waals surface area contributed by atoms with E-state index in [0.29, 0.717) is 0 Å². The highest BCUT2D eigenvalue weighted by Crippen LogP contribution is 2.22. The van der Waals surface area contributed by atoms with E-state index in [-0.39, 0.29) is 5.78 Å². The minimum atomic E-state index is 0.0372. The number of benzene rings is 2. The summed E-state index contributed by atoms with van der Waals surface area (Å²) < 4.78 is 0. The number of para-hydroxylation sites is 1. The molecule has 0 saturated heterocycles. The van der Waals surface area contributed by atoms with Crippen molar-refractivity contribution in [3.05, 3.63) is 106 Å². The number of rotatable bonds is 5. The fraction of sp³-hybridized carbons (Fsp3) is 0.0435. The molecule has 126 valence electrons. The van der Waals surface area contributed by atoms with Gasteiger partial charge in [-0.1, -0.05) is 54.6 Å². The monoisotopic (exact) mass is 355 g/mol. The van der Waals surface area contributed by atoms with Crippen molar-refractivity contribution in [1.82, 2.24) is 4.98 Å². The lowest BCUT2D eigenvalue weighted by atomic mass is 10.1. The molecule has 2 heterocycles. The van der Waals surface area contributed by atoms with Crippen LogP contribution in [0, 0.1) is 0 Å². The molecule has 0 bridgehead atoms. The number of carbonyl (C=O) groups excluding carboxylic acids is 1. The number of thiophene rings is 1. The molecule has 0 unspecified atom stereocenters. The largest absolute Gasteiger partial charge is 0.288 e. The van der Waals surface area contributed by atoms with Crippen molar-refractivity contribution < 1.29 is 4.79 Å². The van der Waals surface area contributed by atoms with Gasteiger partial charge >= 0.3 is 0 Å². The molecule has 0 aliphatic heterocycles. The van der Waals surface area contributed by atoms with Crippen LogP contribution < -0.4 is 0 Å². The average molecular weight is 355 g/mol. The van der Waals surface area contributed by atoms with E-state index in [1.54, 1.807) is 23.6 Å². The molecule has 0 amide bonds. The van der Waals surface area contributed by atoms with Crippen molar-refractivity contribution in [2.45, 2.75) is 6.42 Å². The van der Waals surface area contributed by atoms with Crippen LogP contribution in [0.5, 0.6) is 0 Å². The lowest BCUT2D eigenvalue weighted by Crippen LogP contribution is -1.89. The van der Waals surface area contributed by atoms with E-state index >= 15 is 0 Å². The number of allylic oxidation sites excluding steroid dienone is 1. The van der Waals surface area contributed by atoms with Gasteiger partial charge < -0.3 is 0 Å². The average Bonchev–Trinajstić information content (AvgIpc) is 3.15. The van der Waals surface area contributed by atoms with Crippen molar-refractivity contribution in [2.75, 3.05) is 0 Å². The Morgan fingerprint density at radius 2 is 1.73 bits per heavy atom. The van der Waals surface area contributed by atoms with E-state index in [1.165, 1.54) is 10.4 Å². The zero-order valence-electron chi connectivity index (χ0n) is 14.1. The molecule has 26 heavy (non-hydrogen) atoms. The minimum absolute atomic E-state index is 0.0372. The summed E-state index contributed by atoms with van der Waals surface area (Å²) >= 11 is 1.56. The first-order valence-corrected chi connectivity index (χ1v) is 9.30. The van der Waals surface area contributed by atoms with Crippen LogP contribution in [0.1, 0.15) is 25.7 Å². The molecule has 0 N–H and O–H groups in total. The van der Waals surface area contributed by atoms with Crippen molar-refractivity contribution in [3.8, 4) is 0 Å². The Kier molecular flexibility index (Phi) is 4.71. The topological polar surface area (TPSA) is 30.0 Å². The third kappa shape index (κ3) is 3.63. The van der Waals surface area contributed by atoms with Crippen molar-refractivity contribution in [1.29, 1.82) is 0 Å². The molecule has 2 nitrogen and oxygen atoms in total. The van der Waals surface area contributed by atoms with Crippen LogP contribution in [0.25, 0.3) is 17.0 Å². The molecule has 0 radical (unpaired) electrons. The van der Waals surface area contributed by atoms with Gasteiger partial charge in [0.2, 0.25) is 0 Å². The van der Waals surface area contributed by atoms with Gasteiger partial charge in [-0.2, -0.15) is 0 Å². The number of nitrogens with zero attached hydrogens (tertiary/aromatic N) is 1. The number of hydrogen-bond donors (Lipinski definition) is 0. The van der Waals surface area contributed by atoms with Gasteiger partial charge in [-0.25, -0.2) is 0 Å². The molecule has 0 spiro atoms. The lowest BCUT2D eigenvalue weighted by molar-refractivity contribution is 0.105. The molecule has 0 saturated carbocycles. The third-order valence-corrected chi connectivity index (χ3v) is 5.32. The molecule has 3 heteroatoms. The smallest absolute Gasteiger partial charge is 0.195 e. The summed E-state index contributed by atoms with van der Waals surface area (Å²) in [5, 5.41) is 1.05. The zero-order chi connectivity index (χ0) is 17.8. The summed E-state index contributed by atoms with van der Waals surface area (Å²) in [4.78, 5) is 18.8. The number of aromatic nitrogens is 1. The second-order valence-electron chi connectivity index (χ2n) is 6.04. The molecule has 2 aromatic heterocycles. The maximum Gasteiger partial charge on any atom is 0.195 e. The highest BCUT2D eigenvalue weighted by atomic mass is 32.1. The van der Waals surface area contributed by atoms with E-state index in [9.17, 15) is 4.79 Å². The highest BCUT2D eigenvalue weighted by Gasteiger charge is 2.07. The highest BCUT2D eigenvalue weighted by molar-refractivity contribution is 7.14. The molecule has 0 atom stereocenters. The molecule has 4 aromatic rings. The van der Waals surface area contributed by atoms with Gasteiger partial charge in [0.15, 0.2) is 5.78 Å². The predicted octanol–water partition coefficient (Wildman–Crippen LogP) is 5.78. The number of carbonyl (C=O) groups is 1. The molecule has 4 rings (SSSR count). The fourth-order valence-corrected chi connectivity index (χ4v) is 3.88.